The molecule has 0 radical (unpaired) electrons. The Labute approximate surface area is 110 Å². The molecule has 0 fully saturated rings. The van der Waals surface area contributed by atoms with E-state index < -0.39 is 5.97 Å². The SMILES string of the molecule is O=C(O)C=Cc1ccc(O)c(O)c1.[CaH2]. The maximum atomic E-state index is 10.1. The Morgan fingerprint density at radius 2 is 1.86 bits per heavy atom. The zero-order valence-corrected chi connectivity index (χ0v) is 6.64. The summed E-state index contributed by atoms with van der Waals surface area (Å²) in [4.78, 5) is 10.1. The van der Waals surface area contributed by atoms with Crippen LogP contribution in [-0.4, -0.2) is 59.0 Å². The summed E-state index contributed by atoms with van der Waals surface area (Å²) in [6.07, 6.45) is 2.27. The number of phenolic OH excluding ortho intramolecular Hbond substituents is 2. The predicted octanol–water partition coefficient (Wildman–Crippen LogP) is 0.279. The summed E-state index contributed by atoms with van der Waals surface area (Å²) in [5.41, 5.74) is 0.512. The van der Waals surface area contributed by atoms with Crippen molar-refractivity contribution in [2.45, 2.75) is 0 Å². The molecule has 0 saturated heterocycles. The van der Waals surface area contributed by atoms with Crippen LogP contribution in [0.4, 0.5) is 0 Å². The molecule has 0 aliphatic heterocycles. The van der Waals surface area contributed by atoms with E-state index in [2.05, 4.69) is 0 Å². The average Bonchev–Trinajstić information content (AvgIpc) is 2.07. The van der Waals surface area contributed by atoms with Crippen molar-refractivity contribution in [1.82, 2.24) is 0 Å². The van der Waals surface area contributed by atoms with Gasteiger partial charge in [-0.25, -0.2) is 4.79 Å². The second kappa shape index (κ2) is 5.90. The zero-order chi connectivity index (χ0) is 9.84. The van der Waals surface area contributed by atoms with Gasteiger partial charge in [-0.15, -0.1) is 0 Å². The van der Waals surface area contributed by atoms with Crippen LogP contribution in [0.2, 0.25) is 0 Å². The zero-order valence-electron chi connectivity index (χ0n) is 6.64. The molecule has 0 aliphatic rings. The number of benzene rings is 1. The molecule has 0 saturated carbocycles. The van der Waals surface area contributed by atoms with E-state index in [1.807, 2.05) is 0 Å². The Morgan fingerprint density at radius 3 is 2.36 bits per heavy atom. The van der Waals surface area contributed by atoms with Gasteiger partial charge in [-0.1, -0.05) is 6.07 Å². The van der Waals surface area contributed by atoms with Crippen molar-refractivity contribution in [3.05, 3.63) is 29.8 Å². The van der Waals surface area contributed by atoms with Crippen molar-refractivity contribution in [2.24, 2.45) is 0 Å². The molecule has 1 aromatic carbocycles. The Balaban J connectivity index is 0.00000169. The molecule has 0 atom stereocenters. The van der Waals surface area contributed by atoms with E-state index in [1.165, 1.54) is 24.3 Å². The minimum absolute atomic E-state index is 0. The van der Waals surface area contributed by atoms with Crippen LogP contribution in [0.1, 0.15) is 5.56 Å². The van der Waals surface area contributed by atoms with Gasteiger partial charge in [0.05, 0.1) is 0 Å². The van der Waals surface area contributed by atoms with E-state index in [-0.39, 0.29) is 49.2 Å². The number of phenols is 2. The number of carboxylic acid groups (broad SMARTS) is 1. The number of hydrogen-bond acceptors (Lipinski definition) is 3. The maximum absolute atomic E-state index is 10.1. The third-order valence-corrected chi connectivity index (χ3v) is 1.42. The molecule has 4 nitrogen and oxygen atoms in total. The number of hydrogen-bond donors (Lipinski definition) is 3. The summed E-state index contributed by atoms with van der Waals surface area (Å²) >= 11 is 0. The van der Waals surface area contributed by atoms with E-state index in [9.17, 15) is 4.79 Å². The first-order valence-corrected chi connectivity index (χ1v) is 3.52. The summed E-state index contributed by atoms with van der Waals surface area (Å²) in [6.45, 7) is 0. The van der Waals surface area contributed by atoms with Crippen LogP contribution < -0.4 is 0 Å². The van der Waals surface area contributed by atoms with Crippen LogP contribution in [0, 0.1) is 0 Å². The van der Waals surface area contributed by atoms with Crippen molar-refractivity contribution < 1.29 is 20.1 Å². The fourth-order valence-corrected chi connectivity index (χ4v) is 0.812. The van der Waals surface area contributed by atoms with Crippen molar-refractivity contribution in [3.63, 3.8) is 0 Å². The standard InChI is InChI=1S/C9H8O4.Ca.2H/c10-7-3-1-6(5-8(7)11)2-4-9(12)13;;;/h1-5,10-11H,(H,12,13);;;. The van der Waals surface area contributed by atoms with Gasteiger partial charge in [0.15, 0.2) is 11.5 Å². The average molecular weight is 222 g/mol. The molecule has 72 valence electrons. The first kappa shape index (κ1) is 13.3. The number of aromatic hydroxyl groups is 2. The van der Waals surface area contributed by atoms with Crippen molar-refractivity contribution in [3.8, 4) is 11.5 Å². The second-order valence-corrected chi connectivity index (χ2v) is 2.42. The van der Waals surface area contributed by atoms with Gasteiger partial charge in [-0.2, -0.15) is 0 Å². The van der Waals surface area contributed by atoms with Gasteiger partial charge in [-0.3, -0.25) is 0 Å². The molecule has 14 heavy (non-hydrogen) atoms. The van der Waals surface area contributed by atoms with Crippen LogP contribution in [0.25, 0.3) is 6.08 Å². The molecule has 0 unspecified atom stereocenters. The molecule has 3 N–H and O–H groups in total. The van der Waals surface area contributed by atoms with E-state index in [4.69, 9.17) is 15.3 Å². The molecule has 0 heterocycles. The molecular weight excluding hydrogens is 212 g/mol. The third-order valence-electron chi connectivity index (χ3n) is 1.42. The van der Waals surface area contributed by atoms with Gasteiger partial charge >= 0.3 is 43.7 Å². The van der Waals surface area contributed by atoms with Gasteiger partial charge in [0.1, 0.15) is 0 Å². The van der Waals surface area contributed by atoms with Gasteiger partial charge in [0.25, 0.3) is 0 Å². The molecule has 1 rings (SSSR count). The number of carboxylic acids is 1. The molecule has 0 bridgehead atoms. The quantitative estimate of drug-likeness (QED) is 0.381. The number of aliphatic carboxylic acids is 1. The Hall–Kier alpha value is -0.710. The fourth-order valence-electron chi connectivity index (χ4n) is 0.812. The second-order valence-electron chi connectivity index (χ2n) is 2.42. The Kier molecular flexibility index (Phi) is 5.60. The van der Waals surface area contributed by atoms with E-state index in [1.54, 1.807) is 0 Å². The Bertz CT molecular complexity index is 360. The van der Waals surface area contributed by atoms with E-state index in [0.29, 0.717) is 5.56 Å². The van der Waals surface area contributed by atoms with Crippen LogP contribution in [0.5, 0.6) is 11.5 Å². The minimum atomic E-state index is -1.06. The van der Waals surface area contributed by atoms with Crippen LogP contribution in [0.15, 0.2) is 24.3 Å². The monoisotopic (exact) mass is 222 g/mol. The van der Waals surface area contributed by atoms with Gasteiger partial charge in [0.2, 0.25) is 0 Å². The van der Waals surface area contributed by atoms with Gasteiger partial charge < -0.3 is 15.3 Å². The number of rotatable bonds is 2. The molecule has 1 aromatic rings. The normalized spacial score (nSPS) is 9.71. The van der Waals surface area contributed by atoms with Crippen LogP contribution in [-0.2, 0) is 4.79 Å². The van der Waals surface area contributed by atoms with E-state index >= 15 is 0 Å². The molecule has 0 spiro atoms. The van der Waals surface area contributed by atoms with Gasteiger partial charge in [0, 0.05) is 6.08 Å². The fraction of sp³-hybridized carbons (Fsp3) is 0. The molecule has 5 heteroatoms. The van der Waals surface area contributed by atoms with Crippen LogP contribution >= 0.6 is 0 Å². The number of carbonyl (C=O) groups is 1. The molecule has 0 aliphatic carbocycles. The summed E-state index contributed by atoms with van der Waals surface area (Å²) < 4.78 is 0. The first-order chi connectivity index (χ1) is 6.09. The van der Waals surface area contributed by atoms with Crippen molar-refractivity contribution >= 4 is 49.8 Å². The van der Waals surface area contributed by atoms with Crippen molar-refractivity contribution in [1.29, 1.82) is 0 Å². The summed E-state index contributed by atoms with van der Waals surface area (Å²) in [5, 5.41) is 26.3. The topological polar surface area (TPSA) is 77.8 Å². The molecular formula is C9H10CaO4. The first-order valence-electron chi connectivity index (χ1n) is 3.52. The molecule has 0 aromatic heterocycles. The van der Waals surface area contributed by atoms with Gasteiger partial charge in [-0.05, 0) is 23.8 Å². The summed E-state index contributed by atoms with van der Waals surface area (Å²) in [5.74, 6) is -1.56. The summed E-state index contributed by atoms with van der Waals surface area (Å²) in [7, 11) is 0. The molecule has 0 amide bonds. The third kappa shape index (κ3) is 4.00. The van der Waals surface area contributed by atoms with Crippen molar-refractivity contribution in [2.75, 3.05) is 0 Å². The van der Waals surface area contributed by atoms with E-state index in [0.717, 1.165) is 6.08 Å². The van der Waals surface area contributed by atoms with Crippen LogP contribution in [0.3, 0.4) is 0 Å². The Morgan fingerprint density at radius 1 is 1.21 bits per heavy atom. The predicted molar refractivity (Wildman–Crippen MR) is 55.0 cm³/mol. The summed E-state index contributed by atoms with van der Waals surface area (Å²) in [6, 6.07) is 4.06.